The van der Waals surface area contributed by atoms with Gasteiger partial charge in [0.1, 0.15) is 23.0 Å². The molecule has 1 amide bonds. The van der Waals surface area contributed by atoms with E-state index in [9.17, 15) is 27.9 Å². The molecule has 10 heteroatoms. The van der Waals surface area contributed by atoms with Crippen LogP contribution in [-0.4, -0.2) is 36.9 Å². The van der Waals surface area contributed by atoms with Crippen molar-refractivity contribution in [3.63, 3.8) is 0 Å². The summed E-state index contributed by atoms with van der Waals surface area (Å²) >= 11 is 0. The van der Waals surface area contributed by atoms with Crippen LogP contribution >= 0.6 is 0 Å². The number of ketones is 1. The van der Waals surface area contributed by atoms with E-state index in [0.29, 0.717) is 23.7 Å². The van der Waals surface area contributed by atoms with Crippen LogP contribution in [0.4, 0.5) is 18.9 Å². The third kappa shape index (κ3) is 6.39. The van der Waals surface area contributed by atoms with E-state index in [4.69, 9.17) is 9.47 Å². The molecule has 1 atom stereocenters. The van der Waals surface area contributed by atoms with Crippen molar-refractivity contribution in [1.29, 1.82) is 0 Å². The van der Waals surface area contributed by atoms with Crippen LogP contribution in [0.25, 0.3) is 5.76 Å². The molecule has 0 spiro atoms. The summed E-state index contributed by atoms with van der Waals surface area (Å²) in [6.45, 7) is 2.63. The molecule has 0 saturated carbocycles. The number of methoxy groups -OCH3 is 1. The van der Waals surface area contributed by atoms with Crippen LogP contribution in [-0.2, 0) is 9.59 Å². The van der Waals surface area contributed by atoms with Gasteiger partial charge in [0.15, 0.2) is 0 Å². The summed E-state index contributed by atoms with van der Waals surface area (Å²) in [5, 5.41) is 11.3. The Bertz CT molecular complexity index is 1380. The number of carbonyl (C=O) groups is 2. The molecule has 1 fully saturated rings. The zero-order chi connectivity index (χ0) is 28.9. The molecule has 3 aromatic rings. The Kier molecular flexibility index (Phi) is 8.67. The summed E-state index contributed by atoms with van der Waals surface area (Å²) in [6.07, 6.45) is -1.95. The number of ether oxygens (including phenoxy) is 3. The molecule has 7 nitrogen and oxygen atoms in total. The Labute approximate surface area is 229 Å². The van der Waals surface area contributed by atoms with Crippen LogP contribution in [0.3, 0.4) is 0 Å². The number of anilines is 1. The first-order valence-electron chi connectivity index (χ1n) is 12.7. The topological polar surface area (TPSA) is 85.3 Å². The van der Waals surface area contributed by atoms with Gasteiger partial charge in [0, 0.05) is 17.3 Å². The second kappa shape index (κ2) is 12.1. The lowest BCUT2D eigenvalue weighted by atomic mass is 9.95. The van der Waals surface area contributed by atoms with Crippen molar-refractivity contribution >= 4 is 23.1 Å². The van der Waals surface area contributed by atoms with Gasteiger partial charge in [0.25, 0.3) is 11.7 Å². The zero-order valence-electron chi connectivity index (χ0n) is 21.9. The largest absolute Gasteiger partial charge is 0.573 e. The Balaban J connectivity index is 1.77. The van der Waals surface area contributed by atoms with E-state index < -0.39 is 35.6 Å². The van der Waals surface area contributed by atoms with Gasteiger partial charge in [0.05, 0.1) is 25.3 Å². The van der Waals surface area contributed by atoms with Crippen LogP contribution in [0, 0.1) is 0 Å². The zero-order valence-corrected chi connectivity index (χ0v) is 21.9. The van der Waals surface area contributed by atoms with Crippen LogP contribution < -0.4 is 19.1 Å². The summed E-state index contributed by atoms with van der Waals surface area (Å²) in [4.78, 5) is 27.7. The molecule has 1 unspecified atom stereocenters. The molecule has 1 N–H and O–H groups in total. The smallest absolute Gasteiger partial charge is 0.507 e. The molecule has 0 aromatic heterocycles. The summed E-state index contributed by atoms with van der Waals surface area (Å²) in [5.41, 5.74) is 0.472. The van der Waals surface area contributed by atoms with Crippen LogP contribution in [0.2, 0.25) is 0 Å². The SMILES string of the molecule is CCCCCOc1ccc(/C(O)=C2\C(=O)C(=O)N(c3cccc(OC(F)(F)F)c3)C2c2ccc(OC)cc2)cc1. The molecular formula is C30H28F3NO6. The van der Waals surface area contributed by atoms with Gasteiger partial charge in [-0.2, -0.15) is 0 Å². The number of nitrogens with zero attached hydrogens (tertiary/aromatic N) is 1. The third-order valence-electron chi connectivity index (χ3n) is 6.35. The Morgan fingerprint density at radius 2 is 1.60 bits per heavy atom. The quantitative estimate of drug-likeness (QED) is 0.128. The van der Waals surface area contributed by atoms with Crippen molar-refractivity contribution < 1.29 is 42.1 Å². The highest BCUT2D eigenvalue weighted by molar-refractivity contribution is 6.51. The Morgan fingerprint density at radius 3 is 2.23 bits per heavy atom. The minimum absolute atomic E-state index is 0.0143. The fourth-order valence-electron chi connectivity index (χ4n) is 4.44. The van der Waals surface area contributed by atoms with Gasteiger partial charge in [-0.25, -0.2) is 0 Å². The number of Topliss-reactive ketones (excluding diaryl/α,β-unsaturated/α-hetero) is 1. The fourth-order valence-corrected chi connectivity index (χ4v) is 4.44. The number of aliphatic hydroxyl groups excluding tert-OH is 1. The molecule has 0 bridgehead atoms. The Morgan fingerprint density at radius 1 is 0.925 bits per heavy atom. The minimum Gasteiger partial charge on any atom is -0.507 e. The average Bonchev–Trinajstić information content (AvgIpc) is 3.20. The molecule has 1 heterocycles. The molecule has 1 aliphatic rings. The van der Waals surface area contributed by atoms with Crippen molar-refractivity contribution in [2.75, 3.05) is 18.6 Å². The van der Waals surface area contributed by atoms with E-state index >= 15 is 0 Å². The molecule has 1 aliphatic heterocycles. The maximum atomic E-state index is 13.3. The van der Waals surface area contributed by atoms with E-state index in [0.717, 1.165) is 36.3 Å². The lowest BCUT2D eigenvalue weighted by Crippen LogP contribution is -2.29. The number of amides is 1. The van der Waals surface area contributed by atoms with Crippen molar-refractivity contribution in [3.05, 3.63) is 89.5 Å². The van der Waals surface area contributed by atoms with E-state index in [1.54, 1.807) is 48.5 Å². The van der Waals surface area contributed by atoms with Gasteiger partial charge in [-0.05, 0) is 60.5 Å². The van der Waals surface area contributed by atoms with Gasteiger partial charge in [-0.1, -0.05) is 38.0 Å². The lowest BCUT2D eigenvalue weighted by Gasteiger charge is -2.26. The minimum atomic E-state index is -4.95. The molecule has 0 aliphatic carbocycles. The van der Waals surface area contributed by atoms with Crippen LogP contribution in [0.1, 0.15) is 43.4 Å². The number of carbonyl (C=O) groups excluding carboxylic acids is 2. The normalized spacial score (nSPS) is 16.7. The molecule has 210 valence electrons. The second-order valence-corrected chi connectivity index (χ2v) is 9.07. The number of alkyl halides is 3. The monoisotopic (exact) mass is 555 g/mol. The Hall–Kier alpha value is -4.47. The van der Waals surface area contributed by atoms with Gasteiger partial charge in [-0.15, -0.1) is 13.2 Å². The summed E-state index contributed by atoms with van der Waals surface area (Å²) < 4.78 is 53.5. The van der Waals surface area contributed by atoms with Gasteiger partial charge in [0.2, 0.25) is 0 Å². The first-order valence-corrected chi connectivity index (χ1v) is 12.7. The second-order valence-electron chi connectivity index (χ2n) is 9.07. The van der Waals surface area contributed by atoms with Gasteiger partial charge >= 0.3 is 6.36 Å². The summed E-state index contributed by atoms with van der Waals surface area (Å²) in [6, 6.07) is 16.5. The first kappa shape index (κ1) is 28.5. The number of aliphatic hydroxyl groups is 1. The number of benzene rings is 3. The van der Waals surface area contributed by atoms with Crippen molar-refractivity contribution in [2.24, 2.45) is 0 Å². The number of rotatable bonds is 10. The van der Waals surface area contributed by atoms with Gasteiger partial charge in [-0.3, -0.25) is 14.5 Å². The van der Waals surface area contributed by atoms with E-state index in [-0.39, 0.29) is 16.8 Å². The predicted octanol–water partition coefficient (Wildman–Crippen LogP) is 6.79. The fraction of sp³-hybridized carbons (Fsp3) is 0.267. The highest BCUT2D eigenvalue weighted by atomic mass is 19.4. The van der Waals surface area contributed by atoms with Crippen molar-refractivity contribution in [2.45, 2.75) is 38.6 Å². The standard InChI is InChI=1S/C30H28F3NO6/c1-3-4-5-17-39-23-15-11-20(12-16-23)27(35)25-26(19-9-13-22(38-2)14-10-19)34(29(37)28(25)36)21-7-6-8-24(18-21)40-30(31,32)33/h6-16,18,26,35H,3-5,17H2,1-2H3/b27-25+. The van der Waals surface area contributed by atoms with E-state index in [1.807, 2.05) is 0 Å². The lowest BCUT2D eigenvalue weighted by molar-refractivity contribution is -0.274. The number of hydrogen-bond donors (Lipinski definition) is 1. The average molecular weight is 556 g/mol. The van der Waals surface area contributed by atoms with E-state index in [2.05, 4.69) is 11.7 Å². The number of halogens is 3. The van der Waals surface area contributed by atoms with Crippen molar-refractivity contribution in [3.8, 4) is 17.2 Å². The molecular weight excluding hydrogens is 527 g/mol. The molecule has 1 saturated heterocycles. The molecule has 40 heavy (non-hydrogen) atoms. The predicted molar refractivity (Wildman–Crippen MR) is 142 cm³/mol. The maximum absolute atomic E-state index is 13.3. The summed E-state index contributed by atoms with van der Waals surface area (Å²) in [7, 11) is 1.48. The summed E-state index contributed by atoms with van der Waals surface area (Å²) in [5.74, 6) is -1.89. The highest BCUT2D eigenvalue weighted by Gasteiger charge is 2.47. The van der Waals surface area contributed by atoms with Gasteiger partial charge < -0.3 is 19.3 Å². The number of hydrogen-bond acceptors (Lipinski definition) is 6. The van der Waals surface area contributed by atoms with Crippen LogP contribution in [0.5, 0.6) is 17.2 Å². The number of unbranched alkanes of at least 4 members (excludes halogenated alkanes) is 2. The molecule has 4 rings (SSSR count). The molecule has 3 aromatic carbocycles. The molecule has 0 radical (unpaired) electrons. The first-order chi connectivity index (χ1) is 19.1. The highest BCUT2D eigenvalue weighted by Crippen LogP contribution is 2.43. The maximum Gasteiger partial charge on any atom is 0.573 e. The van der Waals surface area contributed by atoms with Crippen LogP contribution in [0.15, 0.2) is 78.4 Å². The van der Waals surface area contributed by atoms with Crippen molar-refractivity contribution in [1.82, 2.24) is 0 Å². The third-order valence-corrected chi connectivity index (χ3v) is 6.35. The van der Waals surface area contributed by atoms with E-state index in [1.165, 1.54) is 19.2 Å².